The van der Waals surface area contributed by atoms with Gasteiger partial charge in [-0.1, -0.05) is 0 Å². The van der Waals surface area contributed by atoms with Crippen molar-refractivity contribution in [2.24, 2.45) is 0 Å². The minimum Gasteiger partial charge on any atom is -0.444 e. The average molecular weight is 274 g/mol. The lowest BCUT2D eigenvalue weighted by atomic mass is 9.86. The van der Waals surface area contributed by atoms with Crippen LogP contribution in [0.4, 0.5) is 4.79 Å². The van der Waals surface area contributed by atoms with Gasteiger partial charge in [-0.25, -0.2) is 4.79 Å². The summed E-state index contributed by atoms with van der Waals surface area (Å²) in [6.07, 6.45) is 1.22. The molecule has 1 unspecified atom stereocenters. The summed E-state index contributed by atoms with van der Waals surface area (Å²) in [5, 5.41) is 24.5. The molecule has 0 spiro atoms. The Labute approximate surface area is 114 Å². The third-order valence-corrected chi connectivity index (χ3v) is 2.97. The molecule has 19 heavy (non-hydrogen) atoms. The fourth-order valence-corrected chi connectivity index (χ4v) is 1.80. The zero-order valence-electron chi connectivity index (χ0n) is 12.2. The summed E-state index contributed by atoms with van der Waals surface area (Å²) < 4.78 is 5.17. The Hall–Kier alpha value is -0.850. The average Bonchev–Trinajstić information content (AvgIpc) is 2.18. The van der Waals surface area contributed by atoms with Crippen molar-refractivity contribution in [1.82, 2.24) is 10.6 Å². The van der Waals surface area contributed by atoms with Crippen molar-refractivity contribution in [2.45, 2.75) is 63.8 Å². The number of carbonyl (C=O) groups is 1. The maximum absolute atomic E-state index is 11.5. The first kappa shape index (κ1) is 16.2. The van der Waals surface area contributed by atoms with Gasteiger partial charge in [-0.05, 0) is 40.5 Å². The van der Waals surface area contributed by atoms with E-state index in [1.807, 2.05) is 20.8 Å². The van der Waals surface area contributed by atoms with Crippen molar-refractivity contribution < 1.29 is 19.7 Å². The Bertz CT molecular complexity index is 306. The lowest BCUT2D eigenvalue weighted by Gasteiger charge is -2.38. The maximum atomic E-state index is 11.5. The lowest BCUT2D eigenvalue weighted by molar-refractivity contribution is -0.00272. The van der Waals surface area contributed by atoms with Gasteiger partial charge >= 0.3 is 6.09 Å². The molecule has 1 amide bonds. The molecule has 1 saturated carbocycles. The number of rotatable bonds is 5. The number of nitrogens with one attached hydrogen (secondary N) is 2. The maximum Gasteiger partial charge on any atom is 0.407 e. The van der Waals surface area contributed by atoms with Gasteiger partial charge < -0.3 is 25.6 Å². The largest absolute Gasteiger partial charge is 0.444 e. The van der Waals surface area contributed by atoms with Gasteiger partial charge in [0.2, 0.25) is 0 Å². The molecule has 0 aromatic heterocycles. The summed E-state index contributed by atoms with van der Waals surface area (Å²) in [7, 11) is 0. The van der Waals surface area contributed by atoms with Crippen molar-refractivity contribution in [3.8, 4) is 0 Å². The number of amides is 1. The second kappa shape index (κ2) is 6.07. The van der Waals surface area contributed by atoms with E-state index in [9.17, 15) is 9.90 Å². The molecule has 6 heteroatoms. The topological polar surface area (TPSA) is 90.8 Å². The lowest BCUT2D eigenvalue weighted by Crippen LogP contribution is -2.55. The predicted octanol–water partition coefficient (Wildman–Crippen LogP) is 0.375. The molecule has 1 aliphatic rings. The van der Waals surface area contributed by atoms with E-state index >= 15 is 0 Å². The summed E-state index contributed by atoms with van der Waals surface area (Å²) in [4.78, 5) is 11.5. The monoisotopic (exact) mass is 274 g/mol. The van der Waals surface area contributed by atoms with Crippen molar-refractivity contribution in [1.29, 1.82) is 0 Å². The quantitative estimate of drug-likeness (QED) is 0.582. The standard InChI is InChI=1S/C13H26N2O4/c1-12(2,3)19-11(17)15-10-5-9(6-10)14-7-13(4,18)8-16/h9-10,14,16,18H,5-8H2,1-4H3,(H,15,17). The van der Waals surface area contributed by atoms with E-state index in [4.69, 9.17) is 9.84 Å². The van der Waals surface area contributed by atoms with Gasteiger partial charge in [-0.3, -0.25) is 0 Å². The molecule has 0 aromatic rings. The first-order chi connectivity index (χ1) is 8.61. The van der Waals surface area contributed by atoms with Gasteiger partial charge in [0.15, 0.2) is 0 Å². The van der Waals surface area contributed by atoms with Crippen LogP contribution >= 0.6 is 0 Å². The van der Waals surface area contributed by atoms with E-state index in [0.717, 1.165) is 12.8 Å². The van der Waals surface area contributed by atoms with Gasteiger partial charge in [0.1, 0.15) is 5.60 Å². The summed E-state index contributed by atoms with van der Waals surface area (Å²) in [6.45, 7) is 7.13. The molecule has 0 aromatic carbocycles. The molecule has 1 rings (SSSR count). The van der Waals surface area contributed by atoms with Gasteiger partial charge in [0.25, 0.3) is 0 Å². The highest BCUT2D eigenvalue weighted by molar-refractivity contribution is 5.68. The van der Waals surface area contributed by atoms with Crippen LogP contribution in [0.1, 0.15) is 40.5 Å². The molecule has 4 N–H and O–H groups in total. The van der Waals surface area contributed by atoms with Gasteiger partial charge in [0, 0.05) is 18.6 Å². The number of aliphatic hydroxyl groups is 2. The number of alkyl carbamates (subject to hydrolysis) is 1. The van der Waals surface area contributed by atoms with E-state index in [2.05, 4.69) is 10.6 Å². The van der Waals surface area contributed by atoms with Crippen LogP contribution in [0.5, 0.6) is 0 Å². The molecule has 112 valence electrons. The summed E-state index contributed by atoms with van der Waals surface area (Å²) in [6, 6.07) is 0.379. The number of carbonyl (C=O) groups excluding carboxylic acids is 1. The minimum atomic E-state index is -1.09. The third kappa shape index (κ3) is 6.22. The smallest absolute Gasteiger partial charge is 0.407 e. The van der Waals surface area contributed by atoms with Crippen LogP contribution in [0, 0.1) is 0 Å². The zero-order valence-corrected chi connectivity index (χ0v) is 12.2. The molecule has 0 aliphatic heterocycles. The second-order valence-corrected chi connectivity index (χ2v) is 6.55. The highest BCUT2D eigenvalue weighted by Gasteiger charge is 2.32. The van der Waals surface area contributed by atoms with Gasteiger partial charge in [-0.15, -0.1) is 0 Å². The molecule has 0 saturated heterocycles. The van der Waals surface area contributed by atoms with E-state index < -0.39 is 17.3 Å². The van der Waals surface area contributed by atoms with Crippen molar-refractivity contribution in [3.05, 3.63) is 0 Å². The zero-order chi connectivity index (χ0) is 14.7. The second-order valence-electron chi connectivity index (χ2n) is 6.55. The van der Waals surface area contributed by atoms with Gasteiger partial charge in [0.05, 0.1) is 12.2 Å². The van der Waals surface area contributed by atoms with Crippen LogP contribution in [0.2, 0.25) is 0 Å². The van der Waals surface area contributed by atoms with Crippen molar-refractivity contribution in [3.63, 3.8) is 0 Å². The SMILES string of the molecule is CC(O)(CO)CNC1CC(NC(=O)OC(C)(C)C)C1. The molecule has 1 atom stereocenters. The molecule has 6 nitrogen and oxygen atoms in total. The summed E-state index contributed by atoms with van der Waals surface area (Å²) in [5.74, 6) is 0. The molecular formula is C13H26N2O4. The highest BCUT2D eigenvalue weighted by Crippen LogP contribution is 2.21. The molecular weight excluding hydrogens is 248 g/mol. The van der Waals surface area contributed by atoms with E-state index in [0.29, 0.717) is 6.54 Å². The molecule has 0 heterocycles. The molecule has 0 radical (unpaired) electrons. The number of ether oxygens (including phenoxy) is 1. The van der Waals surface area contributed by atoms with Crippen LogP contribution in [0.15, 0.2) is 0 Å². The Morgan fingerprint density at radius 1 is 1.26 bits per heavy atom. The fourth-order valence-electron chi connectivity index (χ4n) is 1.80. The van der Waals surface area contributed by atoms with Crippen molar-refractivity contribution >= 4 is 6.09 Å². The van der Waals surface area contributed by atoms with Crippen LogP contribution in [0.25, 0.3) is 0 Å². The van der Waals surface area contributed by atoms with Crippen LogP contribution in [-0.4, -0.2) is 52.7 Å². The molecule has 0 bridgehead atoms. The Balaban J connectivity index is 2.15. The molecule has 1 aliphatic carbocycles. The minimum absolute atomic E-state index is 0.117. The Morgan fingerprint density at radius 2 is 1.84 bits per heavy atom. The normalized spacial score (nSPS) is 26.2. The van der Waals surface area contributed by atoms with E-state index in [1.165, 1.54) is 0 Å². The third-order valence-electron chi connectivity index (χ3n) is 2.97. The van der Waals surface area contributed by atoms with Crippen molar-refractivity contribution in [2.75, 3.05) is 13.2 Å². The number of hydrogen-bond donors (Lipinski definition) is 4. The summed E-state index contributed by atoms with van der Waals surface area (Å²) >= 11 is 0. The number of hydrogen-bond acceptors (Lipinski definition) is 5. The summed E-state index contributed by atoms with van der Waals surface area (Å²) in [5.41, 5.74) is -1.57. The fraction of sp³-hybridized carbons (Fsp3) is 0.923. The van der Waals surface area contributed by atoms with E-state index in [1.54, 1.807) is 6.92 Å². The predicted molar refractivity (Wildman–Crippen MR) is 71.9 cm³/mol. The number of aliphatic hydroxyl groups excluding tert-OH is 1. The molecule has 1 fully saturated rings. The Kier molecular flexibility index (Phi) is 5.18. The van der Waals surface area contributed by atoms with Crippen LogP contribution in [-0.2, 0) is 4.74 Å². The van der Waals surface area contributed by atoms with E-state index in [-0.39, 0.29) is 18.7 Å². The Morgan fingerprint density at radius 3 is 2.32 bits per heavy atom. The highest BCUT2D eigenvalue weighted by atomic mass is 16.6. The van der Waals surface area contributed by atoms with Crippen LogP contribution in [0.3, 0.4) is 0 Å². The first-order valence-corrected chi connectivity index (χ1v) is 6.67. The first-order valence-electron chi connectivity index (χ1n) is 6.67. The van der Waals surface area contributed by atoms with Crippen LogP contribution < -0.4 is 10.6 Å². The van der Waals surface area contributed by atoms with Gasteiger partial charge in [-0.2, -0.15) is 0 Å².